The van der Waals surface area contributed by atoms with Gasteiger partial charge in [-0.05, 0) is 31.9 Å². The lowest BCUT2D eigenvalue weighted by Crippen LogP contribution is -2.31. The zero-order valence-electron chi connectivity index (χ0n) is 10.4. The van der Waals surface area contributed by atoms with Gasteiger partial charge in [-0.2, -0.15) is 0 Å². The standard InChI is InChI=1S/C13H17F2NO2/c1-7(16)13(3-4-13)10-6-8(18-2)5-9(11(10)17)12(14)15/h5-7,12,17H,3-4,16H2,1-2H3. The van der Waals surface area contributed by atoms with Crippen LogP contribution in [-0.4, -0.2) is 18.3 Å². The topological polar surface area (TPSA) is 55.5 Å². The Morgan fingerprint density at radius 1 is 1.39 bits per heavy atom. The summed E-state index contributed by atoms with van der Waals surface area (Å²) in [5, 5.41) is 10.0. The zero-order valence-corrected chi connectivity index (χ0v) is 10.4. The summed E-state index contributed by atoms with van der Waals surface area (Å²) in [6.45, 7) is 1.83. The Balaban J connectivity index is 2.56. The number of phenols is 1. The Kier molecular flexibility index (Phi) is 3.19. The van der Waals surface area contributed by atoms with E-state index in [4.69, 9.17) is 10.5 Å². The number of benzene rings is 1. The highest BCUT2D eigenvalue weighted by atomic mass is 19.3. The van der Waals surface area contributed by atoms with Gasteiger partial charge in [-0.15, -0.1) is 0 Å². The molecule has 1 saturated carbocycles. The molecule has 1 aliphatic carbocycles. The van der Waals surface area contributed by atoms with Gasteiger partial charge in [-0.3, -0.25) is 0 Å². The van der Waals surface area contributed by atoms with Crippen LogP contribution >= 0.6 is 0 Å². The molecule has 0 radical (unpaired) electrons. The van der Waals surface area contributed by atoms with E-state index in [0.29, 0.717) is 11.3 Å². The van der Waals surface area contributed by atoms with Crippen molar-refractivity contribution in [2.45, 2.75) is 37.6 Å². The smallest absolute Gasteiger partial charge is 0.267 e. The van der Waals surface area contributed by atoms with Crippen LogP contribution in [0.25, 0.3) is 0 Å². The van der Waals surface area contributed by atoms with Gasteiger partial charge >= 0.3 is 0 Å². The zero-order chi connectivity index (χ0) is 13.5. The minimum Gasteiger partial charge on any atom is -0.507 e. The van der Waals surface area contributed by atoms with Gasteiger partial charge < -0.3 is 15.6 Å². The van der Waals surface area contributed by atoms with Gasteiger partial charge in [0.05, 0.1) is 12.7 Å². The molecule has 0 aromatic heterocycles. The first-order chi connectivity index (χ1) is 8.42. The molecule has 3 nitrogen and oxygen atoms in total. The molecule has 0 amide bonds. The van der Waals surface area contributed by atoms with E-state index in [2.05, 4.69) is 0 Å². The molecule has 1 aromatic carbocycles. The van der Waals surface area contributed by atoms with Gasteiger partial charge in [0.1, 0.15) is 11.5 Å². The van der Waals surface area contributed by atoms with Crippen LogP contribution in [0.3, 0.4) is 0 Å². The summed E-state index contributed by atoms with van der Waals surface area (Å²) >= 11 is 0. The SMILES string of the molecule is COc1cc(C(F)F)c(O)c(C2(C(C)N)CC2)c1. The van der Waals surface area contributed by atoms with Crippen molar-refractivity contribution in [1.82, 2.24) is 0 Å². The molecule has 2 rings (SSSR count). The largest absolute Gasteiger partial charge is 0.507 e. The fourth-order valence-electron chi connectivity index (χ4n) is 2.40. The third-order valence-corrected chi connectivity index (χ3v) is 3.78. The summed E-state index contributed by atoms with van der Waals surface area (Å²) in [5.41, 5.74) is 5.61. The first-order valence-corrected chi connectivity index (χ1v) is 5.87. The Hall–Kier alpha value is -1.36. The summed E-state index contributed by atoms with van der Waals surface area (Å²) in [4.78, 5) is 0. The summed E-state index contributed by atoms with van der Waals surface area (Å²) < 4.78 is 30.8. The molecule has 1 aliphatic rings. The van der Waals surface area contributed by atoms with Crippen LogP contribution in [0.5, 0.6) is 11.5 Å². The van der Waals surface area contributed by atoms with Gasteiger partial charge in [0.25, 0.3) is 6.43 Å². The summed E-state index contributed by atoms with van der Waals surface area (Å²) in [5.74, 6) is -0.0226. The Bertz CT molecular complexity index is 457. The molecule has 100 valence electrons. The van der Waals surface area contributed by atoms with Crippen molar-refractivity contribution >= 4 is 0 Å². The number of phenolic OH excluding ortho intramolecular Hbond substituents is 1. The molecular weight excluding hydrogens is 240 g/mol. The monoisotopic (exact) mass is 257 g/mol. The lowest BCUT2D eigenvalue weighted by atomic mass is 9.87. The number of rotatable bonds is 4. The van der Waals surface area contributed by atoms with E-state index in [-0.39, 0.29) is 17.2 Å². The molecule has 0 bridgehead atoms. The second-order valence-corrected chi connectivity index (χ2v) is 4.86. The minimum atomic E-state index is -2.73. The fraction of sp³-hybridized carbons (Fsp3) is 0.538. The van der Waals surface area contributed by atoms with E-state index in [0.717, 1.165) is 12.8 Å². The van der Waals surface area contributed by atoms with Gasteiger partial charge in [0.2, 0.25) is 0 Å². The van der Waals surface area contributed by atoms with Gasteiger partial charge in [0.15, 0.2) is 0 Å². The van der Waals surface area contributed by atoms with Crippen molar-refractivity contribution in [2.75, 3.05) is 7.11 Å². The number of hydrogen-bond acceptors (Lipinski definition) is 3. The number of methoxy groups -OCH3 is 1. The quantitative estimate of drug-likeness (QED) is 0.872. The molecule has 0 aliphatic heterocycles. The van der Waals surface area contributed by atoms with Crippen molar-refractivity contribution in [3.05, 3.63) is 23.3 Å². The molecule has 18 heavy (non-hydrogen) atoms. The number of aromatic hydroxyl groups is 1. The highest BCUT2D eigenvalue weighted by Crippen LogP contribution is 2.55. The van der Waals surface area contributed by atoms with Crippen LogP contribution in [-0.2, 0) is 5.41 Å². The average Bonchev–Trinajstić information content (AvgIpc) is 3.10. The molecule has 0 spiro atoms. The number of hydrogen-bond donors (Lipinski definition) is 2. The third kappa shape index (κ3) is 1.92. The molecule has 0 heterocycles. The van der Waals surface area contributed by atoms with Crippen molar-refractivity contribution in [3.8, 4) is 11.5 Å². The van der Waals surface area contributed by atoms with Crippen molar-refractivity contribution in [3.63, 3.8) is 0 Å². The number of halogens is 2. The molecule has 1 unspecified atom stereocenters. The first kappa shape index (κ1) is 13.1. The van der Waals surface area contributed by atoms with Gasteiger partial charge in [0, 0.05) is 17.0 Å². The average molecular weight is 257 g/mol. The van der Waals surface area contributed by atoms with Crippen LogP contribution < -0.4 is 10.5 Å². The molecule has 1 aromatic rings. The van der Waals surface area contributed by atoms with Crippen LogP contribution in [0.4, 0.5) is 8.78 Å². The van der Waals surface area contributed by atoms with Crippen LogP contribution in [0.1, 0.15) is 37.3 Å². The molecular formula is C13H17F2NO2. The van der Waals surface area contributed by atoms with Crippen molar-refractivity contribution in [1.29, 1.82) is 0 Å². The van der Waals surface area contributed by atoms with E-state index in [1.54, 1.807) is 6.07 Å². The molecule has 0 saturated heterocycles. The highest BCUT2D eigenvalue weighted by Gasteiger charge is 2.49. The van der Waals surface area contributed by atoms with E-state index >= 15 is 0 Å². The highest BCUT2D eigenvalue weighted by molar-refractivity contribution is 5.53. The lowest BCUT2D eigenvalue weighted by molar-refractivity contribution is 0.146. The normalized spacial score (nSPS) is 18.8. The third-order valence-electron chi connectivity index (χ3n) is 3.78. The molecule has 1 fully saturated rings. The van der Waals surface area contributed by atoms with E-state index in [9.17, 15) is 13.9 Å². The summed E-state index contributed by atoms with van der Waals surface area (Å²) in [6, 6.07) is 2.58. The second-order valence-electron chi connectivity index (χ2n) is 4.86. The second kappa shape index (κ2) is 4.39. The number of alkyl halides is 2. The van der Waals surface area contributed by atoms with Crippen LogP contribution in [0.15, 0.2) is 12.1 Å². The molecule has 3 N–H and O–H groups in total. The Morgan fingerprint density at radius 3 is 2.39 bits per heavy atom. The van der Waals surface area contributed by atoms with Gasteiger partial charge in [-0.25, -0.2) is 8.78 Å². The lowest BCUT2D eigenvalue weighted by Gasteiger charge is -2.23. The maximum absolute atomic E-state index is 12.9. The van der Waals surface area contributed by atoms with Crippen LogP contribution in [0.2, 0.25) is 0 Å². The number of ether oxygens (including phenoxy) is 1. The fourth-order valence-corrected chi connectivity index (χ4v) is 2.40. The van der Waals surface area contributed by atoms with Crippen molar-refractivity contribution < 1.29 is 18.6 Å². The van der Waals surface area contributed by atoms with Gasteiger partial charge in [-0.1, -0.05) is 0 Å². The van der Waals surface area contributed by atoms with E-state index < -0.39 is 12.0 Å². The van der Waals surface area contributed by atoms with Crippen molar-refractivity contribution in [2.24, 2.45) is 5.73 Å². The van der Waals surface area contributed by atoms with E-state index in [1.807, 2.05) is 6.92 Å². The summed E-state index contributed by atoms with van der Waals surface area (Å²) in [7, 11) is 1.41. The Morgan fingerprint density at radius 2 is 2.00 bits per heavy atom. The maximum Gasteiger partial charge on any atom is 0.267 e. The maximum atomic E-state index is 12.9. The number of nitrogens with two attached hydrogens (primary N) is 1. The summed E-state index contributed by atoms with van der Waals surface area (Å²) in [6.07, 6.45) is -1.13. The van der Waals surface area contributed by atoms with E-state index in [1.165, 1.54) is 13.2 Å². The first-order valence-electron chi connectivity index (χ1n) is 5.87. The molecule has 1 atom stereocenters. The Labute approximate surface area is 105 Å². The molecule has 5 heteroatoms. The predicted molar refractivity (Wildman–Crippen MR) is 64.2 cm³/mol. The predicted octanol–water partition coefficient (Wildman–Crippen LogP) is 2.72. The minimum absolute atomic E-state index is 0.193. The van der Waals surface area contributed by atoms with Crippen LogP contribution in [0, 0.1) is 0 Å².